The van der Waals surface area contributed by atoms with E-state index in [1.807, 2.05) is 43.3 Å². The molecule has 1 amide bonds. The van der Waals surface area contributed by atoms with Crippen LogP contribution in [-0.2, 0) is 21.4 Å². The SMILES string of the molecule is CCOc1ccc(/C(O)=C2/C(=O)C(=O)N(c3ccc(CC)cc3)C2c2cccnc2)cc1C(C)(C)C. The molecule has 6 heteroatoms. The van der Waals surface area contributed by atoms with Crippen LogP contribution < -0.4 is 9.64 Å². The average molecular weight is 485 g/mol. The highest BCUT2D eigenvalue weighted by Gasteiger charge is 2.47. The maximum absolute atomic E-state index is 13.4. The summed E-state index contributed by atoms with van der Waals surface area (Å²) in [6.07, 6.45) is 4.11. The standard InChI is InChI=1S/C30H32N2O4/c1-6-19-10-13-22(14-11-19)32-26(21-9-8-16-31-18-21)25(28(34)29(32)35)27(33)20-12-15-24(36-7-2)23(17-20)30(3,4)5/h8-18,26,33H,6-7H2,1-5H3/b27-25-. The van der Waals surface area contributed by atoms with Gasteiger partial charge in [0.25, 0.3) is 11.7 Å². The van der Waals surface area contributed by atoms with Crippen LogP contribution in [0.4, 0.5) is 5.69 Å². The summed E-state index contributed by atoms with van der Waals surface area (Å²) in [7, 11) is 0. The average Bonchev–Trinajstić information content (AvgIpc) is 3.14. The predicted octanol–water partition coefficient (Wildman–Crippen LogP) is 5.97. The number of carbonyl (C=O) groups excluding carboxylic acids is 2. The lowest BCUT2D eigenvalue weighted by Crippen LogP contribution is -2.29. The summed E-state index contributed by atoms with van der Waals surface area (Å²) >= 11 is 0. The summed E-state index contributed by atoms with van der Waals surface area (Å²) in [5.41, 5.74) is 3.47. The molecule has 1 aliphatic heterocycles. The summed E-state index contributed by atoms with van der Waals surface area (Å²) < 4.78 is 5.81. The second kappa shape index (κ2) is 9.97. The zero-order valence-corrected chi connectivity index (χ0v) is 21.4. The lowest BCUT2D eigenvalue weighted by atomic mass is 9.84. The van der Waals surface area contributed by atoms with E-state index >= 15 is 0 Å². The van der Waals surface area contributed by atoms with Gasteiger partial charge in [-0.1, -0.05) is 45.9 Å². The molecule has 1 fully saturated rings. The topological polar surface area (TPSA) is 79.7 Å². The number of hydrogen-bond acceptors (Lipinski definition) is 5. The van der Waals surface area contributed by atoms with Gasteiger partial charge in [-0.3, -0.25) is 19.5 Å². The minimum atomic E-state index is -0.809. The highest BCUT2D eigenvalue weighted by atomic mass is 16.5. The van der Waals surface area contributed by atoms with E-state index < -0.39 is 17.7 Å². The molecule has 186 valence electrons. The quantitative estimate of drug-likeness (QED) is 0.265. The molecule has 0 saturated carbocycles. The lowest BCUT2D eigenvalue weighted by molar-refractivity contribution is -0.132. The molecule has 1 saturated heterocycles. The van der Waals surface area contributed by atoms with E-state index in [9.17, 15) is 14.7 Å². The Balaban J connectivity index is 1.91. The molecular formula is C30H32N2O4. The van der Waals surface area contributed by atoms with Crippen molar-refractivity contribution in [1.29, 1.82) is 0 Å². The van der Waals surface area contributed by atoms with Crippen molar-refractivity contribution in [1.82, 2.24) is 4.98 Å². The minimum absolute atomic E-state index is 0.0385. The van der Waals surface area contributed by atoms with Gasteiger partial charge in [0.2, 0.25) is 0 Å². The zero-order valence-electron chi connectivity index (χ0n) is 21.4. The Labute approximate surface area is 212 Å². The molecule has 0 radical (unpaired) electrons. The first-order valence-corrected chi connectivity index (χ1v) is 12.2. The Morgan fingerprint density at radius 1 is 1.06 bits per heavy atom. The highest BCUT2D eigenvalue weighted by molar-refractivity contribution is 6.51. The minimum Gasteiger partial charge on any atom is -0.507 e. The molecule has 4 rings (SSSR count). The second-order valence-electron chi connectivity index (χ2n) is 9.87. The summed E-state index contributed by atoms with van der Waals surface area (Å²) in [6, 6.07) is 15.7. The fourth-order valence-corrected chi connectivity index (χ4v) is 4.54. The number of anilines is 1. The number of ether oxygens (including phenoxy) is 1. The van der Waals surface area contributed by atoms with E-state index in [-0.39, 0.29) is 16.7 Å². The number of aliphatic hydroxyl groups is 1. The van der Waals surface area contributed by atoms with E-state index in [4.69, 9.17) is 4.74 Å². The van der Waals surface area contributed by atoms with Crippen LogP contribution in [0.1, 0.15) is 62.9 Å². The maximum atomic E-state index is 13.4. The van der Waals surface area contributed by atoms with E-state index in [1.54, 1.807) is 30.6 Å². The molecule has 1 N–H and O–H groups in total. The van der Waals surface area contributed by atoms with Crippen LogP contribution in [0.2, 0.25) is 0 Å². The number of hydrogen-bond donors (Lipinski definition) is 1. The second-order valence-corrected chi connectivity index (χ2v) is 9.87. The summed E-state index contributed by atoms with van der Waals surface area (Å²) in [5, 5.41) is 11.5. The van der Waals surface area contributed by atoms with Gasteiger partial charge in [-0.15, -0.1) is 0 Å². The predicted molar refractivity (Wildman–Crippen MR) is 141 cm³/mol. The fraction of sp³-hybridized carbons (Fsp3) is 0.300. The molecule has 1 aliphatic rings. The number of benzene rings is 2. The third kappa shape index (κ3) is 4.63. The maximum Gasteiger partial charge on any atom is 0.300 e. The van der Waals surface area contributed by atoms with Crippen LogP contribution in [0.3, 0.4) is 0 Å². The normalized spacial score (nSPS) is 17.5. The molecule has 0 aliphatic carbocycles. The van der Waals surface area contributed by atoms with Gasteiger partial charge in [0, 0.05) is 29.2 Å². The van der Waals surface area contributed by atoms with E-state index in [1.165, 1.54) is 4.90 Å². The number of aromatic nitrogens is 1. The molecule has 36 heavy (non-hydrogen) atoms. The summed E-state index contributed by atoms with van der Waals surface area (Å²) in [4.78, 5) is 32.4. The first-order chi connectivity index (χ1) is 17.2. The number of nitrogens with zero attached hydrogens (tertiary/aromatic N) is 2. The first kappa shape index (κ1) is 25.2. The van der Waals surface area contributed by atoms with Gasteiger partial charge in [0.05, 0.1) is 18.2 Å². The third-order valence-electron chi connectivity index (χ3n) is 6.43. The van der Waals surface area contributed by atoms with Crippen molar-refractivity contribution in [2.75, 3.05) is 11.5 Å². The molecule has 3 aromatic rings. The molecule has 1 atom stereocenters. The van der Waals surface area contributed by atoms with E-state index in [2.05, 4.69) is 32.7 Å². The first-order valence-electron chi connectivity index (χ1n) is 12.2. The van der Waals surface area contributed by atoms with Crippen LogP contribution in [0.5, 0.6) is 5.75 Å². The fourth-order valence-electron chi connectivity index (χ4n) is 4.54. The van der Waals surface area contributed by atoms with Crippen molar-refractivity contribution in [3.05, 3.63) is 94.8 Å². The van der Waals surface area contributed by atoms with Crippen LogP contribution in [0.25, 0.3) is 5.76 Å². The Kier molecular flexibility index (Phi) is 6.97. The van der Waals surface area contributed by atoms with Crippen LogP contribution >= 0.6 is 0 Å². The number of amides is 1. The Bertz CT molecular complexity index is 1310. The molecular weight excluding hydrogens is 452 g/mol. The smallest absolute Gasteiger partial charge is 0.300 e. The van der Waals surface area contributed by atoms with Crippen LogP contribution in [0.15, 0.2) is 72.6 Å². The van der Waals surface area contributed by atoms with E-state index in [0.29, 0.717) is 23.4 Å². The van der Waals surface area contributed by atoms with Crippen molar-refractivity contribution in [3.8, 4) is 5.75 Å². The van der Waals surface area contributed by atoms with Gasteiger partial charge < -0.3 is 9.84 Å². The largest absolute Gasteiger partial charge is 0.507 e. The van der Waals surface area contributed by atoms with Gasteiger partial charge in [0.15, 0.2) is 0 Å². The monoisotopic (exact) mass is 484 g/mol. The number of aryl methyl sites for hydroxylation is 1. The summed E-state index contributed by atoms with van der Waals surface area (Å²) in [6.45, 7) is 10.7. The van der Waals surface area contributed by atoms with Crippen molar-refractivity contribution in [2.45, 2.75) is 52.5 Å². The molecule has 1 aromatic heterocycles. The number of carbonyl (C=O) groups is 2. The summed E-state index contributed by atoms with van der Waals surface area (Å²) in [5.74, 6) is -0.908. The van der Waals surface area contributed by atoms with Gasteiger partial charge in [-0.25, -0.2) is 0 Å². The Hall–Kier alpha value is -3.93. The van der Waals surface area contributed by atoms with Crippen LogP contribution in [0, 0.1) is 0 Å². The molecule has 1 unspecified atom stereocenters. The molecule has 0 spiro atoms. The number of ketones is 1. The molecule has 6 nitrogen and oxygen atoms in total. The number of aliphatic hydroxyl groups excluding tert-OH is 1. The lowest BCUT2D eigenvalue weighted by Gasteiger charge is -2.26. The Morgan fingerprint density at radius 2 is 1.78 bits per heavy atom. The van der Waals surface area contributed by atoms with Crippen molar-refractivity contribution in [2.24, 2.45) is 0 Å². The molecule has 2 aromatic carbocycles. The Morgan fingerprint density at radius 3 is 2.36 bits per heavy atom. The third-order valence-corrected chi connectivity index (χ3v) is 6.43. The van der Waals surface area contributed by atoms with E-state index in [0.717, 1.165) is 23.3 Å². The van der Waals surface area contributed by atoms with Crippen molar-refractivity contribution >= 4 is 23.1 Å². The van der Waals surface area contributed by atoms with Gasteiger partial charge in [0.1, 0.15) is 11.5 Å². The molecule has 0 bridgehead atoms. The van der Waals surface area contributed by atoms with Gasteiger partial charge >= 0.3 is 0 Å². The van der Waals surface area contributed by atoms with Crippen LogP contribution in [-0.4, -0.2) is 28.4 Å². The number of pyridine rings is 1. The van der Waals surface area contributed by atoms with Gasteiger partial charge in [-0.2, -0.15) is 0 Å². The van der Waals surface area contributed by atoms with Gasteiger partial charge in [-0.05, 0) is 66.3 Å². The molecule has 2 heterocycles. The highest BCUT2D eigenvalue weighted by Crippen LogP contribution is 2.43. The van der Waals surface area contributed by atoms with Crippen molar-refractivity contribution < 1.29 is 19.4 Å². The zero-order chi connectivity index (χ0) is 26.0. The number of Topliss-reactive ketones (excluding diaryl/α,β-unsaturated/α-hetero) is 1. The van der Waals surface area contributed by atoms with Crippen molar-refractivity contribution in [3.63, 3.8) is 0 Å². The number of rotatable bonds is 6.